The van der Waals surface area contributed by atoms with Gasteiger partial charge in [-0.2, -0.15) is 13.2 Å². The minimum atomic E-state index is -4.43. The maximum Gasteiger partial charge on any atom is 0.416 e. The Labute approximate surface area is 149 Å². The predicted octanol–water partition coefficient (Wildman–Crippen LogP) is 2.27. The summed E-state index contributed by atoms with van der Waals surface area (Å²) >= 11 is 0. The smallest absolute Gasteiger partial charge is 0.375 e. The van der Waals surface area contributed by atoms with E-state index in [9.17, 15) is 22.8 Å². The molecule has 0 aliphatic carbocycles. The van der Waals surface area contributed by atoms with Gasteiger partial charge in [0.15, 0.2) is 0 Å². The molecule has 0 radical (unpaired) electrons. The van der Waals surface area contributed by atoms with Gasteiger partial charge in [0.05, 0.1) is 11.6 Å². The van der Waals surface area contributed by atoms with Crippen molar-refractivity contribution in [1.29, 1.82) is 0 Å². The zero-order valence-electron chi connectivity index (χ0n) is 14.7. The lowest BCUT2D eigenvalue weighted by Gasteiger charge is -2.35. The maximum absolute atomic E-state index is 12.8. The first-order valence-electron chi connectivity index (χ1n) is 8.21. The van der Waals surface area contributed by atoms with Crippen LogP contribution in [0.25, 0.3) is 0 Å². The summed E-state index contributed by atoms with van der Waals surface area (Å²) < 4.78 is 43.2. The highest BCUT2D eigenvalue weighted by Gasteiger charge is 2.31. The van der Waals surface area contributed by atoms with Gasteiger partial charge in [-0.25, -0.2) is 4.79 Å². The lowest BCUT2D eigenvalue weighted by atomic mass is 10.1. The van der Waals surface area contributed by atoms with E-state index in [0.717, 1.165) is 12.1 Å². The van der Waals surface area contributed by atoms with Gasteiger partial charge in [0.25, 0.3) is 0 Å². The molecule has 144 valence electrons. The van der Waals surface area contributed by atoms with Gasteiger partial charge in [-0.15, -0.1) is 0 Å². The monoisotopic (exact) mass is 373 g/mol. The average Bonchev–Trinajstić information content (AvgIpc) is 2.61. The van der Waals surface area contributed by atoms with Crippen LogP contribution in [0.5, 0.6) is 0 Å². The molecular weight excluding hydrogens is 351 g/mol. The Morgan fingerprint density at radius 3 is 2.38 bits per heavy atom. The van der Waals surface area contributed by atoms with E-state index in [-0.39, 0.29) is 18.5 Å². The molecule has 9 heteroatoms. The number of nitrogens with zero attached hydrogens (tertiary/aromatic N) is 2. The first-order chi connectivity index (χ1) is 12.2. The van der Waals surface area contributed by atoms with E-state index in [0.29, 0.717) is 31.7 Å². The van der Waals surface area contributed by atoms with Gasteiger partial charge in [-0.3, -0.25) is 4.79 Å². The maximum atomic E-state index is 12.8. The molecule has 26 heavy (non-hydrogen) atoms. The number of methoxy groups -OCH3 is 1. The molecule has 1 unspecified atom stereocenters. The van der Waals surface area contributed by atoms with Crippen LogP contribution in [0.4, 0.5) is 18.0 Å². The van der Waals surface area contributed by atoms with Crippen molar-refractivity contribution < 1.29 is 27.5 Å². The number of nitrogens with one attached hydrogen (secondary N) is 1. The first kappa shape index (κ1) is 20.0. The Hall–Kier alpha value is -2.29. The SMILES string of the molecule is COCC(=O)N1CCN(C(=O)NC(C)c2cccc(C(F)(F)F)c2)CC1. The molecule has 0 aromatic heterocycles. The third kappa shape index (κ3) is 5.10. The van der Waals surface area contributed by atoms with Gasteiger partial charge in [0, 0.05) is 33.3 Å². The van der Waals surface area contributed by atoms with Crippen molar-refractivity contribution >= 4 is 11.9 Å². The Balaban J connectivity index is 1.91. The zero-order valence-corrected chi connectivity index (χ0v) is 14.7. The second-order valence-corrected chi connectivity index (χ2v) is 6.10. The van der Waals surface area contributed by atoms with E-state index in [4.69, 9.17) is 4.74 Å². The number of amides is 3. The van der Waals surface area contributed by atoms with Crippen molar-refractivity contribution in [3.63, 3.8) is 0 Å². The highest BCUT2D eigenvalue weighted by molar-refractivity contribution is 5.78. The fourth-order valence-electron chi connectivity index (χ4n) is 2.72. The minimum absolute atomic E-state index is 0.00121. The van der Waals surface area contributed by atoms with E-state index in [1.54, 1.807) is 22.8 Å². The van der Waals surface area contributed by atoms with Crippen molar-refractivity contribution in [3.05, 3.63) is 35.4 Å². The second-order valence-electron chi connectivity index (χ2n) is 6.10. The molecule has 1 aromatic rings. The summed E-state index contributed by atoms with van der Waals surface area (Å²) in [5.41, 5.74) is -0.372. The second kappa shape index (κ2) is 8.39. The van der Waals surface area contributed by atoms with Gasteiger partial charge in [0.2, 0.25) is 5.91 Å². The fraction of sp³-hybridized carbons (Fsp3) is 0.529. The third-order valence-electron chi connectivity index (χ3n) is 4.24. The molecule has 1 fully saturated rings. The summed E-state index contributed by atoms with van der Waals surface area (Å²) in [7, 11) is 1.44. The summed E-state index contributed by atoms with van der Waals surface area (Å²) in [5, 5.41) is 2.71. The van der Waals surface area contributed by atoms with Crippen molar-refractivity contribution in [1.82, 2.24) is 15.1 Å². The van der Waals surface area contributed by atoms with Crippen LogP contribution in [-0.4, -0.2) is 61.6 Å². The fourth-order valence-corrected chi connectivity index (χ4v) is 2.72. The number of urea groups is 1. The molecule has 0 saturated carbocycles. The molecule has 1 aliphatic heterocycles. The van der Waals surface area contributed by atoms with E-state index in [1.165, 1.54) is 13.2 Å². The van der Waals surface area contributed by atoms with E-state index in [1.807, 2.05) is 0 Å². The number of ether oxygens (including phenoxy) is 1. The molecule has 1 heterocycles. The standard InChI is InChI=1S/C17H22F3N3O3/c1-12(13-4-3-5-14(10-13)17(18,19)20)21-16(25)23-8-6-22(7-9-23)15(24)11-26-2/h3-5,10,12H,6-9,11H2,1-2H3,(H,21,25). The van der Waals surface area contributed by atoms with Crippen LogP contribution in [0, 0.1) is 0 Å². The molecule has 1 aromatic carbocycles. The van der Waals surface area contributed by atoms with E-state index >= 15 is 0 Å². The number of benzene rings is 1. The zero-order chi connectivity index (χ0) is 19.3. The molecule has 6 nitrogen and oxygen atoms in total. The highest BCUT2D eigenvalue weighted by atomic mass is 19.4. The molecule has 1 atom stereocenters. The predicted molar refractivity (Wildman–Crippen MR) is 88.4 cm³/mol. The summed E-state index contributed by atoms with van der Waals surface area (Å²) in [4.78, 5) is 27.2. The summed E-state index contributed by atoms with van der Waals surface area (Å²) in [6, 6.07) is 3.95. The number of hydrogen-bond donors (Lipinski definition) is 1. The third-order valence-corrected chi connectivity index (χ3v) is 4.24. The summed E-state index contributed by atoms with van der Waals surface area (Å²) in [5.74, 6) is -0.134. The van der Waals surface area contributed by atoms with Crippen molar-refractivity contribution in [2.75, 3.05) is 39.9 Å². The molecule has 2 rings (SSSR count). The van der Waals surface area contributed by atoms with Crippen molar-refractivity contribution in [2.24, 2.45) is 0 Å². The van der Waals surface area contributed by atoms with Crippen molar-refractivity contribution in [2.45, 2.75) is 19.1 Å². The Kier molecular flexibility index (Phi) is 6.47. The van der Waals surface area contributed by atoms with Crippen LogP contribution in [0.15, 0.2) is 24.3 Å². The number of rotatable bonds is 4. The molecule has 1 aliphatic rings. The van der Waals surface area contributed by atoms with Crippen LogP contribution in [-0.2, 0) is 15.7 Å². The molecule has 1 saturated heterocycles. The van der Waals surface area contributed by atoms with Gasteiger partial charge >= 0.3 is 12.2 Å². The first-order valence-corrected chi connectivity index (χ1v) is 8.21. The van der Waals surface area contributed by atoms with Gasteiger partial charge in [0.1, 0.15) is 6.61 Å². The molecular formula is C17H22F3N3O3. The Morgan fingerprint density at radius 2 is 1.81 bits per heavy atom. The Morgan fingerprint density at radius 1 is 1.19 bits per heavy atom. The number of hydrogen-bond acceptors (Lipinski definition) is 3. The highest BCUT2D eigenvalue weighted by Crippen LogP contribution is 2.30. The average molecular weight is 373 g/mol. The summed E-state index contributed by atoms with van der Waals surface area (Å²) in [6.45, 7) is 3.14. The number of alkyl halides is 3. The van der Waals surface area contributed by atoms with Crippen molar-refractivity contribution in [3.8, 4) is 0 Å². The Bertz CT molecular complexity index is 644. The molecule has 0 bridgehead atoms. The van der Waals surface area contributed by atoms with Crippen LogP contribution >= 0.6 is 0 Å². The molecule has 3 amide bonds. The lowest BCUT2D eigenvalue weighted by Crippen LogP contribution is -2.54. The van der Waals surface area contributed by atoms with Crippen LogP contribution in [0.2, 0.25) is 0 Å². The number of piperazine rings is 1. The largest absolute Gasteiger partial charge is 0.416 e. The molecule has 0 spiro atoms. The lowest BCUT2D eigenvalue weighted by molar-refractivity contribution is -0.138. The van der Waals surface area contributed by atoms with E-state index in [2.05, 4.69) is 5.32 Å². The number of halogens is 3. The number of carbonyl (C=O) groups excluding carboxylic acids is 2. The summed E-state index contributed by atoms with van der Waals surface area (Å²) in [6.07, 6.45) is -4.43. The topological polar surface area (TPSA) is 61.9 Å². The van der Waals surface area contributed by atoms with Crippen LogP contribution < -0.4 is 5.32 Å². The van der Waals surface area contributed by atoms with E-state index < -0.39 is 17.8 Å². The normalized spacial score (nSPS) is 16.3. The van der Waals surface area contributed by atoms with Crippen LogP contribution in [0.3, 0.4) is 0 Å². The van der Waals surface area contributed by atoms with Gasteiger partial charge in [-0.1, -0.05) is 12.1 Å². The van der Waals surface area contributed by atoms with Gasteiger partial charge < -0.3 is 19.9 Å². The molecule has 1 N–H and O–H groups in total. The number of carbonyl (C=O) groups is 2. The minimum Gasteiger partial charge on any atom is -0.375 e. The van der Waals surface area contributed by atoms with Gasteiger partial charge in [-0.05, 0) is 24.6 Å². The quantitative estimate of drug-likeness (QED) is 0.881. The van der Waals surface area contributed by atoms with Crippen LogP contribution in [0.1, 0.15) is 24.1 Å².